The molecule has 0 fully saturated rings. The average molecular weight is 388 g/mol. The van der Waals surface area contributed by atoms with Crippen molar-refractivity contribution in [2.24, 2.45) is 0 Å². The zero-order chi connectivity index (χ0) is 19.4. The number of aryl methyl sites for hydroxylation is 1. The highest BCUT2D eigenvalue weighted by Gasteiger charge is 2.25. The minimum absolute atomic E-state index is 0.0206. The topological polar surface area (TPSA) is 50.3 Å². The molecule has 0 N–H and O–H groups in total. The van der Waals surface area contributed by atoms with Crippen molar-refractivity contribution in [2.75, 3.05) is 0 Å². The minimum Gasteiger partial charge on any atom is -0.264 e. The number of aromatic nitrogens is 1. The Kier molecular flexibility index (Phi) is 5.62. The van der Waals surface area contributed by atoms with Crippen LogP contribution in [-0.4, -0.2) is 17.7 Å². The molecule has 0 aliphatic heterocycles. The van der Waals surface area contributed by atoms with E-state index in [-0.39, 0.29) is 18.0 Å². The molecule has 3 rings (SSSR count). The second-order valence-electron chi connectivity index (χ2n) is 6.23. The molecule has 0 aliphatic rings. The third-order valence-electron chi connectivity index (χ3n) is 3.99. The first-order valence-electron chi connectivity index (χ1n) is 8.25. The van der Waals surface area contributed by atoms with Crippen LogP contribution in [0.5, 0.6) is 0 Å². The fraction of sp³-hybridized carbons (Fsp3) is 0.150. The van der Waals surface area contributed by atoms with E-state index < -0.39 is 21.7 Å². The van der Waals surface area contributed by atoms with E-state index in [0.29, 0.717) is 16.7 Å². The van der Waals surface area contributed by atoms with Crippen LogP contribution in [0.1, 0.15) is 16.7 Å². The van der Waals surface area contributed by atoms with Gasteiger partial charge in [-0.3, -0.25) is 4.98 Å². The fourth-order valence-electron chi connectivity index (χ4n) is 2.78. The summed E-state index contributed by atoms with van der Waals surface area (Å²) in [4.78, 5) is 3.98. The predicted molar refractivity (Wildman–Crippen MR) is 98.2 cm³/mol. The molecule has 0 amide bonds. The first-order valence-corrected chi connectivity index (χ1v) is 9.69. The Balaban J connectivity index is 1.99. The maximum absolute atomic E-state index is 13.7. The van der Waals surface area contributed by atoms with Gasteiger partial charge in [-0.15, -0.1) is 0 Å². The molecule has 2 aromatic carbocycles. The van der Waals surface area contributed by atoms with E-state index in [1.807, 2.05) is 0 Å². The van der Waals surface area contributed by atoms with E-state index in [9.17, 15) is 17.2 Å². The van der Waals surface area contributed by atoms with Gasteiger partial charge >= 0.3 is 0 Å². The number of sulfonamides is 1. The molecule has 4 nitrogen and oxygen atoms in total. The summed E-state index contributed by atoms with van der Waals surface area (Å²) in [6, 6.07) is 12.5. The van der Waals surface area contributed by atoms with Crippen molar-refractivity contribution in [3.63, 3.8) is 0 Å². The van der Waals surface area contributed by atoms with Gasteiger partial charge in [-0.1, -0.05) is 12.1 Å². The number of nitrogens with zero attached hydrogens (tertiary/aromatic N) is 2. The van der Waals surface area contributed by atoms with Crippen LogP contribution in [-0.2, 0) is 23.1 Å². The number of benzene rings is 2. The summed E-state index contributed by atoms with van der Waals surface area (Å²) in [7, 11) is -3.92. The van der Waals surface area contributed by atoms with Crippen LogP contribution < -0.4 is 0 Å². The lowest BCUT2D eigenvalue weighted by molar-refractivity contribution is 0.399. The molecular formula is C20H18F2N2O2S. The fourth-order valence-corrected chi connectivity index (χ4v) is 4.20. The normalized spacial score (nSPS) is 11.7. The lowest BCUT2D eigenvalue weighted by Gasteiger charge is -2.22. The van der Waals surface area contributed by atoms with Gasteiger partial charge in [0.1, 0.15) is 11.6 Å². The Morgan fingerprint density at radius 1 is 0.926 bits per heavy atom. The van der Waals surface area contributed by atoms with Gasteiger partial charge in [0.05, 0.1) is 4.90 Å². The highest BCUT2D eigenvalue weighted by molar-refractivity contribution is 7.89. The van der Waals surface area contributed by atoms with Crippen LogP contribution >= 0.6 is 0 Å². The number of pyridine rings is 1. The van der Waals surface area contributed by atoms with E-state index in [4.69, 9.17) is 0 Å². The third-order valence-corrected chi connectivity index (χ3v) is 5.80. The zero-order valence-electron chi connectivity index (χ0n) is 14.6. The van der Waals surface area contributed by atoms with Crippen LogP contribution in [0, 0.1) is 18.6 Å². The van der Waals surface area contributed by atoms with Crippen molar-refractivity contribution in [1.29, 1.82) is 0 Å². The number of halogens is 2. The molecule has 140 valence electrons. The molecular weight excluding hydrogens is 370 g/mol. The summed E-state index contributed by atoms with van der Waals surface area (Å²) >= 11 is 0. The second kappa shape index (κ2) is 7.94. The van der Waals surface area contributed by atoms with E-state index >= 15 is 0 Å². The zero-order valence-corrected chi connectivity index (χ0v) is 15.5. The molecule has 0 saturated heterocycles. The van der Waals surface area contributed by atoms with Crippen molar-refractivity contribution in [1.82, 2.24) is 9.29 Å². The summed E-state index contributed by atoms with van der Waals surface area (Å²) in [6.07, 6.45) is 3.17. The van der Waals surface area contributed by atoms with Gasteiger partial charge in [-0.05, 0) is 66.1 Å². The Labute approximate surface area is 157 Å². The van der Waals surface area contributed by atoms with Crippen LogP contribution in [0.4, 0.5) is 8.78 Å². The summed E-state index contributed by atoms with van der Waals surface area (Å²) in [5.74, 6) is -0.945. The Bertz CT molecular complexity index is 1000. The molecule has 0 atom stereocenters. The second-order valence-corrected chi connectivity index (χ2v) is 8.16. The SMILES string of the molecule is Cc1cc(F)cc(CN(Cc2cccnc2)S(=O)(=O)c2ccc(F)cc2)c1. The summed E-state index contributed by atoms with van der Waals surface area (Å²) < 4.78 is 54.4. The van der Waals surface area contributed by atoms with Gasteiger partial charge in [0.15, 0.2) is 0 Å². The maximum atomic E-state index is 13.7. The monoisotopic (exact) mass is 388 g/mol. The summed E-state index contributed by atoms with van der Waals surface area (Å²) in [5, 5.41) is 0. The van der Waals surface area contributed by atoms with Crippen molar-refractivity contribution in [3.05, 3.63) is 95.3 Å². The lowest BCUT2D eigenvalue weighted by atomic mass is 10.1. The van der Waals surface area contributed by atoms with Crippen molar-refractivity contribution in [2.45, 2.75) is 24.9 Å². The van der Waals surface area contributed by atoms with Gasteiger partial charge in [0.25, 0.3) is 0 Å². The predicted octanol–water partition coefficient (Wildman–Crippen LogP) is 4.06. The molecule has 0 radical (unpaired) electrons. The molecule has 0 saturated carbocycles. The van der Waals surface area contributed by atoms with E-state index in [1.165, 1.54) is 28.6 Å². The molecule has 0 spiro atoms. The Hall–Kier alpha value is -2.64. The minimum atomic E-state index is -3.92. The Morgan fingerprint density at radius 3 is 2.26 bits per heavy atom. The highest BCUT2D eigenvalue weighted by Crippen LogP contribution is 2.22. The van der Waals surface area contributed by atoms with Gasteiger partial charge < -0.3 is 0 Å². The Morgan fingerprint density at radius 2 is 1.63 bits per heavy atom. The van der Waals surface area contributed by atoms with Gasteiger partial charge in [-0.2, -0.15) is 4.31 Å². The quantitative estimate of drug-likeness (QED) is 0.640. The molecule has 1 heterocycles. The summed E-state index contributed by atoms with van der Waals surface area (Å²) in [5.41, 5.74) is 1.92. The maximum Gasteiger partial charge on any atom is 0.243 e. The standard InChI is InChI=1S/C20H18F2N2O2S/c1-15-9-17(11-19(22)10-15)14-24(13-16-3-2-8-23-12-16)27(25,26)20-6-4-18(21)5-7-20/h2-12H,13-14H2,1H3. The van der Waals surface area contributed by atoms with Gasteiger partial charge in [0, 0.05) is 25.5 Å². The van der Waals surface area contributed by atoms with E-state index in [1.54, 1.807) is 37.5 Å². The molecule has 7 heteroatoms. The number of rotatable bonds is 6. The molecule has 0 aliphatic carbocycles. The van der Waals surface area contributed by atoms with Crippen LogP contribution in [0.25, 0.3) is 0 Å². The molecule has 1 aromatic heterocycles. The van der Waals surface area contributed by atoms with Crippen molar-refractivity contribution < 1.29 is 17.2 Å². The average Bonchev–Trinajstić information content (AvgIpc) is 2.61. The first-order chi connectivity index (χ1) is 12.8. The van der Waals surface area contributed by atoms with Gasteiger partial charge in [0.2, 0.25) is 10.0 Å². The van der Waals surface area contributed by atoms with Gasteiger partial charge in [-0.25, -0.2) is 17.2 Å². The van der Waals surface area contributed by atoms with E-state index in [0.717, 1.165) is 12.1 Å². The largest absolute Gasteiger partial charge is 0.264 e. The summed E-state index contributed by atoms with van der Waals surface area (Å²) in [6.45, 7) is 1.78. The van der Waals surface area contributed by atoms with Crippen LogP contribution in [0.2, 0.25) is 0 Å². The molecule has 0 unspecified atom stereocenters. The molecule has 3 aromatic rings. The number of hydrogen-bond acceptors (Lipinski definition) is 3. The van der Waals surface area contributed by atoms with Crippen LogP contribution in [0.15, 0.2) is 71.9 Å². The molecule has 27 heavy (non-hydrogen) atoms. The lowest BCUT2D eigenvalue weighted by Crippen LogP contribution is -2.30. The smallest absolute Gasteiger partial charge is 0.243 e. The van der Waals surface area contributed by atoms with Crippen molar-refractivity contribution >= 4 is 10.0 Å². The first kappa shape index (κ1) is 19.1. The van der Waals surface area contributed by atoms with Crippen molar-refractivity contribution in [3.8, 4) is 0 Å². The van der Waals surface area contributed by atoms with Crippen LogP contribution in [0.3, 0.4) is 0 Å². The van der Waals surface area contributed by atoms with E-state index in [2.05, 4.69) is 4.98 Å². The third kappa shape index (κ3) is 4.75. The number of hydrogen-bond donors (Lipinski definition) is 0. The highest BCUT2D eigenvalue weighted by atomic mass is 32.2. The molecule has 0 bridgehead atoms.